The van der Waals surface area contributed by atoms with Gasteiger partial charge in [-0.15, -0.1) is 0 Å². The molecule has 1 atom stereocenters. The highest BCUT2D eigenvalue weighted by Crippen LogP contribution is 2.25. The standard InChI is InChI=1S/C17H13NO4/c1-11(17(21)22-12-7-3-2-4-8-12)18-15(19)13-9-5-6-10-14(13)16(18)20/h2-11H,1H3/t11-/m1/s1. The summed E-state index contributed by atoms with van der Waals surface area (Å²) in [6.07, 6.45) is 0. The number of benzene rings is 2. The summed E-state index contributed by atoms with van der Waals surface area (Å²) in [7, 11) is 0. The molecule has 1 heterocycles. The monoisotopic (exact) mass is 295 g/mol. The lowest BCUT2D eigenvalue weighted by atomic mass is 10.1. The van der Waals surface area contributed by atoms with Gasteiger partial charge in [0.2, 0.25) is 0 Å². The summed E-state index contributed by atoms with van der Waals surface area (Å²) in [6.45, 7) is 1.48. The third kappa shape index (κ3) is 2.26. The van der Waals surface area contributed by atoms with E-state index in [4.69, 9.17) is 4.74 Å². The number of carbonyl (C=O) groups is 3. The second kappa shape index (κ2) is 5.44. The first kappa shape index (κ1) is 14.0. The first-order valence-electron chi connectivity index (χ1n) is 6.83. The van der Waals surface area contributed by atoms with Crippen molar-refractivity contribution in [3.05, 3.63) is 65.7 Å². The maximum absolute atomic E-state index is 12.3. The van der Waals surface area contributed by atoms with Gasteiger partial charge in [0, 0.05) is 0 Å². The van der Waals surface area contributed by atoms with Crippen molar-refractivity contribution in [1.29, 1.82) is 0 Å². The summed E-state index contributed by atoms with van der Waals surface area (Å²) < 4.78 is 5.20. The van der Waals surface area contributed by atoms with Crippen LogP contribution >= 0.6 is 0 Å². The van der Waals surface area contributed by atoms with Crippen molar-refractivity contribution < 1.29 is 19.1 Å². The molecule has 0 bridgehead atoms. The number of rotatable bonds is 3. The van der Waals surface area contributed by atoms with Gasteiger partial charge in [-0.3, -0.25) is 14.5 Å². The highest BCUT2D eigenvalue weighted by molar-refractivity contribution is 6.22. The maximum atomic E-state index is 12.3. The molecular weight excluding hydrogens is 282 g/mol. The molecule has 0 unspecified atom stereocenters. The van der Waals surface area contributed by atoms with E-state index in [1.165, 1.54) is 6.92 Å². The van der Waals surface area contributed by atoms with Crippen molar-refractivity contribution >= 4 is 17.8 Å². The summed E-state index contributed by atoms with van der Waals surface area (Å²) in [5.41, 5.74) is 0.624. The zero-order chi connectivity index (χ0) is 15.7. The van der Waals surface area contributed by atoms with Crippen LogP contribution in [0.2, 0.25) is 0 Å². The van der Waals surface area contributed by atoms with E-state index in [0.29, 0.717) is 16.9 Å². The van der Waals surface area contributed by atoms with Crippen LogP contribution in [-0.4, -0.2) is 28.7 Å². The van der Waals surface area contributed by atoms with Crippen LogP contribution < -0.4 is 4.74 Å². The van der Waals surface area contributed by atoms with Crippen molar-refractivity contribution in [3.8, 4) is 5.75 Å². The summed E-state index contributed by atoms with van der Waals surface area (Å²) in [4.78, 5) is 37.7. The number of amides is 2. The van der Waals surface area contributed by atoms with Crippen LogP contribution in [0.1, 0.15) is 27.6 Å². The van der Waals surface area contributed by atoms with E-state index in [1.54, 1.807) is 54.6 Å². The number of imide groups is 1. The summed E-state index contributed by atoms with van der Waals surface area (Å²) in [6, 6.07) is 14.0. The molecular formula is C17H13NO4. The fourth-order valence-electron chi connectivity index (χ4n) is 2.36. The molecule has 2 aromatic rings. The molecule has 3 rings (SSSR count). The lowest BCUT2D eigenvalue weighted by Gasteiger charge is -2.20. The van der Waals surface area contributed by atoms with Crippen molar-refractivity contribution in [1.82, 2.24) is 4.90 Å². The van der Waals surface area contributed by atoms with Gasteiger partial charge in [-0.1, -0.05) is 30.3 Å². The predicted octanol–water partition coefficient (Wildman–Crippen LogP) is 2.28. The Balaban J connectivity index is 1.81. The van der Waals surface area contributed by atoms with Crippen molar-refractivity contribution in [2.75, 3.05) is 0 Å². The third-order valence-electron chi connectivity index (χ3n) is 3.52. The second-order valence-electron chi connectivity index (χ2n) is 4.94. The minimum Gasteiger partial charge on any atom is -0.425 e. The Bertz CT molecular complexity index is 719. The van der Waals surface area contributed by atoms with E-state index in [-0.39, 0.29) is 0 Å². The molecule has 0 fully saturated rings. The Morgan fingerprint density at radius 1 is 0.909 bits per heavy atom. The van der Waals surface area contributed by atoms with Crippen molar-refractivity contribution in [3.63, 3.8) is 0 Å². The summed E-state index contributed by atoms with van der Waals surface area (Å²) in [5, 5.41) is 0. The summed E-state index contributed by atoms with van der Waals surface area (Å²) in [5.74, 6) is -1.23. The maximum Gasteiger partial charge on any atom is 0.334 e. The van der Waals surface area contributed by atoms with Crippen LogP contribution in [0.4, 0.5) is 0 Å². The Morgan fingerprint density at radius 3 is 1.95 bits per heavy atom. The molecule has 0 radical (unpaired) electrons. The lowest BCUT2D eigenvalue weighted by Crippen LogP contribution is -2.44. The molecule has 22 heavy (non-hydrogen) atoms. The molecule has 0 spiro atoms. The minimum atomic E-state index is -0.993. The van der Waals surface area contributed by atoms with E-state index in [2.05, 4.69) is 0 Å². The van der Waals surface area contributed by atoms with E-state index >= 15 is 0 Å². The van der Waals surface area contributed by atoms with Gasteiger partial charge in [-0.05, 0) is 31.2 Å². The zero-order valence-electron chi connectivity index (χ0n) is 11.9. The normalized spacial score (nSPS) is 14.7. The highest BCUT2D eigenvalue weighted by Gasteiger charge is 2.41. The van der Waals surface area contributed by atoms with Crippen LogP contribution in [0, 0.1) is 0 Å². The average Bonchev–Trinajstić information content (AvgIpc) is 2.79. The van der Waals surface area contributed by atoms with Crippen LogP contribution in [0.3, 0.4) is 0 Å². The lowest BCUT2D eigenvalue weighted by molar-refractivity contribution is -0.138. The number of para-hydroxylation sites is 1. The second-order valence-corrected chi connectivity index (χ2v) is 4.94. The molecule has 1 aliphatic heterocycles. The molecule has 0 aliphatic carbocycles. The molecule has 110 valence electrons. The number of carbonyl (C=O) groups excluding carboxylic acids is 3. The minimum absolute atomic E-state index is 0.312. The quantitative estimate of drug-likeness (QED) is 0.495. The number of hydrogen-bond donors (Lipinski definition) is 0. The smallest absolute Gasteiger partial charge is 0.334 e. The van der Waals surface area contributed by atoms with Crippen LogP contribution in [-0.2, 0) is 4.79 Å². The molecule has 1 aliphatic rings. The molecule has 5 heteroatoms. The Hall–Kier alpha value is -2.95. The first-order valence-corrected chi connectivity index (χ1v) is 6.83. The topological polar surface area (TPSA) is 63.7 Å². The number of hydrogen-bond acceptors (Lipinski definition) is 4. The average molecular weight is 295 g/mol. The van der Waals surface area contributed by atoms with E-state index in [1.807, 2.05) is 0 Å². The van der Waals surface area contributed by atoms with Gasteiger partial charge in [0.25, 0.3) is 11.8 Å². The van der Waals surface area contributed by atoms with Crippen LogP contribution in [0.5, 0.6) is 5.75 Å². The van der Waals surface area contributed by atoms with Gasteiger partial charge in [-0.25, -0.2) is 4.79 Å². The number of nitrogens with zero attached hydrogens (tertiary/aromatic N) is 1. The molecule has 0 aromatic heterocycles. The molecule has 5 nitrogen and oxygen atoms in total. The Morgan fingerprint density at radius 2 is 1.41 bits per heavy atom. The Kier molecular flexibility index (Phi) is 3.47. The fraction of sp³-hybridized carbons (Fsp3) is 0.118. The number of ether oxygens (including phenoxy) is 1. The van der Waals surface area contributed by atoms with Crippen molar-refractivity contribution in [2.24, 2.45) is 0 Å². The molecule has 0 saturated heterocycles. The molecule has 0 N–H and O–H groups in total. The van der Waals surface area contributed by atoms with Gasteiger partial charge >= 0.3 is 5.97 Å². The van der Waals surface area contributed by atoms with Gasteiger partial charge < -0.3 is 4.74 Å². The van der Waals surface area contributed by atoms with E-state index < -0.39 is 23.8 Å². The highest BCUT2D eigenvalue weighted by atomic mass is 16.5. The SMILES string of the molecule is C[C@H](C(=O)Oc1ccccc1)N1C(=O)c2ccccc2C1=O. The van der Waals surface area contributed by atoms with Gasteiger partial charge in [0.05, 0.1) is 11.1 Å². The third-order valence-corrected chi connectivity index (χ3v) is 3.52. The van der Waals surface area contributed by atoms with Crippen molar-refractivity contribution in [2.45, 2.75) is 13.0 Å². The van der Waals surface area contributed by atoms with Gasteiger partial charge in [0.15, 0.2) is 0 Å². The largest absolute Gasteiger partial charge is 0.425 e. The first-order chi connectivity index (χ1) is 10.6. The number of fused-ring (bicyclic) bond motifs is 1. The molecule has 2 amide bonds. The number of esters is 1. The predicted molar refractivity (Wildman–Crippen MR) is 78.5 cm³/mol. The van der Waals surface area contributed by atoms with E-state index in [0.717, 1.165) is 4.90 Å². The fourth-order valence-corrected chi connectivity index (χ4v) is 2.36. The Labute approximate surface area is 127 Å². The van der Waals surface area contributed by atoms with Gasteiger partial charge in [0.1, 0.15) is 11.8 Å². The molecule has 0 saturated carbocycles. The molecule has 2 aromatic carbocycles. The zero-order valence-corrected chi connectivity index (χ0v) is 11.9. The van der Waals surface area contributed by atoms with Crippen LogP contribution in [0.25, 0.3) is 0 Å². The van der Waals surface area contributed by atoms with Crippen LogP contribution in [0.15, 0.2) is 54.6 Å². The van der Waals surface area contributed by atoms with Gasteiger partial charge in [-0.2, -0.15) is 0 Å². The van der Waals surface area contributed by atoms with E-state index in [9.17, 15) is 14.4 Å². The summed E-state index contributed by atoms with van der Waals surface area (Å²) >= 11 is 0.